The van der Waals surface area contributed by atoms with Crippen molar-refractivity contribution in [1.29, 1.82) is 0 Å². The quantitative estimate of drug-likeness (QED) is 0.436. The lowest BCUT2D eigenvalue weighted by atomic mass is 10.5. The molecule has 0 unspecified atom stereocenters. The van der Waals surface area contributed by atoms with Gasteiger partial charge in [-0.1, -0.05) is 0 Å². The molecule has 0 N–H and O–H groups in total. The smallest absolute Gasteiger partial charge is 0.203 e. The molecule has 0 heterocycles. The first kappa shape index (κ1) is 5.12. The number of hydrogen-bond acceptors (Lipinski definition) is 2. The Hall–Kier alpha value is -0.880. The lowest BCUT2D eigenvalue weighted by molar-refractivity contribution is 0.554. The van der Waals surface area contributed by atoms with Crippen molar-refractivity contribution in [3.05, 3.63) is 6.08 Å². The van der Waals surface area contributed by atoms with Crippen LogP contribution < -0.4 is 0 Å². The average molecular weight is 83.1 g/mol. The van der Waals surface area contributed by atoms with E-state index in [0.717, 1.165) is 6.08 Å². The molecule has 0 saturated carbocycles. The Morgan fingerprint density at radius 3 is 2.33 bits per heavy atom. The first-order valence-corrected chi connectivity index (χ1v) is 1.46. The maximum atomic E-state index is 9.23. The molecular formula is C4H3O2. The maximum absolute atomic E-state index is 9.23. The van der Waals surface area contributed by atoms with Gasteiger partial charge in [-0.25, -0.2) is 4.79 Å². The summed E-state index contributed by atoms with van der Waals surface area (Å²) in [6.45, 7) is 0. The van der Waals surface area contributed by atoms with Crippen molar-refractivity contribution in [1.82, 2.24) is 0 Å². The minimum Gasteiger partial charge on any atom is -0.291 e. The third-order valence-electron chi connectivity index (χ3n) is 0.269. The van der Waals surface area contributed by atoms with Crippen molar-refractivity contribution in [3.63, 3.8) is 0 Å². The van der Waals surface area contributed by atoms with Crippen LogP contribution in [0.5, 0.6) is 0 Å². The largest absolute Gasteiger partial charge is 0.291 e. The predicted octanol–water partition coefficient (Wildman–Crippen LogP) is -0.126. The average Bonchev–Trinajstić information content (AvgIpc) is 1.61. The van der Waals surface area contributed by atoms with Crippen molar-refractivity contribution < 1.29 is 9.59 Å². The van der Waals surface area contributed by atoms with Gasteiger partial charge >= 0.3 is 0 Å². The van der Waals surface area contributed by atoms with Crippen LogP contribution in [0.2, 0.25) is 0 Å². The molecule has 0 fully saturated rings. The Morgan fingerprint density at radius 2 is 2.17 bits per heavy atom. The van der Waals surface area contributed by atoms with Gasteiger partial charge in [-0.05, 0) is 0 Å². The fourth-order valence-electron chi connectivity index (χ4n) is 0.0833. The Bertz CT molecular complexity index is 79.5. The maximum Gasteiger partial charge on any atom is 0.203 e. The van der Waals surface area contributed by atoms with E-state index in [0.29, 0.717) is 0 Å². The fourth-order valence-corrected chi connectivity index (χ4v) is 0.0833. The summed E-state index contributed by atoms with van der Waals surface area (Å²) >= 11 is 0. The Kier molecular flexibility index (Phi) is 3.52. The Labute approximate surface area is 35.5 Å². The van der Waals surface area contributed by atoms with Crippen molar-refractivity contribution >= 4 is 12.2 Å². The minimum absolute atomic E-state index is 0.0590. The molecule has 0 aromatic rings. The van der Waals surface area contributed by atoms with E-state index in [1.807, 2.05) is 0 Å². The third-order valence-corrected chi connectivity index (χ3v) is 0.269. The van der Waals surface area contributed by atoms with Crippen LogP contribution in [0.1, 0.15) is 6.42 Å². The second-order valence-electron chi connectivity index (χ2n) is 0.670. The molecule has 0 saturated heterocycles. The van der Waals surface area contributed by atoms with Gasteiger partial charge in [0.1, 0.15) is 5.94 Å². The summed E-state index contributed by atoms with van der Waals surface area (Å²) in [5, 5.41) is 0. The van der Waals surface area contributed by atoms with E-state index < -0.39 is 0 Å². The van der Waals surface area contributed by atoms with Crippen LogP contribution in [0.25, 0.3) is 0 Å². The highest BCUT2D eigenvalue weighted by Gasteiger charge is 1.67. The van der Waals surface area contributed by atoms with Gasteiger partial charge in [0.25, 0.3) is 0 Å². The van der Waals surface area contributed by atoms with E-state index in [1.165, 1.54) is 12.2 Å². The molecule has 0 atom stereocenters. The van der Waals surface area contributed by atoms with Crippen LogP contribution in [0, 0.1) is 0 Å². The molecule has 0 aromatic heterocycles. The van der Waals surface area contributed by atoms with Gasteiger partial charge in [-0.2, -0.15) is 0 Å². The van der Waals surface area contributed by atoms with Crippen LogP contribution in [0.3, 0.4) is 0 Å². The normalized spacial score (nSPS) is 6.00. The lowest BCUT2D eigenvalue weighted by Crippen LogP contribution is -1.62. The molecule has 0 amide bonds. The summed E-state index contributed by atoms with van der Waals surface area (Å²) in [5.41, 5.74) is 0. The van der Waals surface area contributed by atoms with E-state index in [2.05, 4.69) is 0 Å². The highest BCUT2D eigenvalue weighted by Crippen LogP contribution is 1.63. The fraction of sp³-hybridized carbons (Fsp3) is 0.250. The third kappa shape index (κ3) is 3.12. The van der Waals surface area contributed by atoms with Crippen LogP contribution in [-0.2, 0) is 9.59 Å². The Balaban J connectivity index is 3.07. The standard InChI is InChI=1S/C4H3O2/c5-3-1-2-4-6/h1H,2H2. The first-order valence-electron chi connectivity index (χ1n) is 1.46. The molecule has 31 valence electrons. The summed E-state index contributed by atoms with van der Waals surface area (Å²) in [6, 6.07) is 0. The van der Waals surface area contributed by atoms with Gasteiger partial charge in [0.05, 0.1) is 0 Å². The second kappa shape index (κ2) is 4.12. The molecule has 0 rings (SSSR count). The minimum atomic E-state index is 0.0590. The van der Waals surface area contributed by atoms with Crippen LogP contribution >= 0.6 is 0 Å². The summed E-state index contributed by atoms with van der Waals surface area (Å²) in [4.78, 5) is 18.4. The zero-order chi connectivity index (χ0) is 4.83. The zero-order valence-electron chi connectivity index (χ0n) is 3.10. The second-order valence-corrected chi connectivity index (χ2v) is 0.670. The number of hydrogen-bond donors (Lipinski definition) is 0. The molecule has 0 aromatic carbocycles. The van der Waals surface area contributed by atoms with E-state index in [9.17, 15) is 9.59 Å². The molecule has 6 heavy (non-hydrogen) atoms. The van der Waals surface area contributed by atoms with Crippen LogP contribution in [0.4, 0.5) is 0 Å². The Morgan fingerprint density at radius 1 is 1.50 bits per heavy atom. The summed E-state index contributed by atoms with van der Waals surface area (Å²) in [5.74, 6) is 1.43. The number of carbonyl (C=O) groups excluding carboxylic acids is 2. The molecule has 2 heteroatoms. The SMILES string of the molecule is O=[C]CC=C=O. The zero-order valence-corrected chi connectivity index (χ0v) is 3.10. The van der Waals surface area contributed by atoms with Crippen molar-refractivity contribution in [2.24, 2.45) is 0 Å². The number of allylic oxidation sites excluding steroid dienone is 1. The van der Waals surface area contributed by atoms with Gasteiger partial charge in [0.2, 0.25) is 6.29 Å². The molecule has 0 aliphatic heterocycles. The summed E-state index contributed by atoms with van der Waals surface area (Å²) in [6.07, 6.45) is 2.64. The van der Waals surface area contributed by atoms with E-state index in [1.54, 1.807) is 0 Å². The van der Waals surface area contributed by atoms with E-state index >= 15 is 0 Å². The number of rotatable bonds is 2. The molecule has 0 aliphatic rings. The van der Waals surface area contributed by atoms with E-state index in [-0.39, 0.29) is 6.42 Å². The van der Waals surface area contributed by atoms with Gasteiger partial charge in [-0.3, -0.25) is 4.79 Å². The van der Waals surface area contributed by atoms with Crippen molar-refractivity contribution in [2.75, 3.05) is 0 Å². The van der Waals surface area contributed by atoms with Gasteiger partial charge < -0.3 is 0 Å². The highest BCUT2D eigenvalue weighted by molar-refractivity contribution is 5.59. The molecule has 1 radical (unpaired) electrons. The molecule has 0 aliphatic carbocycles. The molecule has 0 bridgehead atoms. The van der Waals surface area contributed by atoms with Crippen LogP contribution in [0.15, 0.2) is 6.08 Å². The van der Waals surface area contributed by atoms with Crippen LogP contribution in [-0.4, -0.2) is 12.2 Å². The van der Waals surface area contributed by atoms with E-state index in [4.69, 9.17) is 0 Å². The first-order chi connectivity index (χ1) is 2.91. The lowest BCUT2D eigenvalue weighted by Gasteiger charge is -1.55. The highest BCUT2D eigenvalue weighted by atomic mass is 16.1. The van der Waals surface area contributed by atoms with Crippen molar-refractivity contribution in [2.45, 2.75) is 6.42 Å². The monoisotopic (exact) mass is 83.0 g/mol. The molecule has 0 spiro atoms. The predicted molar refractivity (Wildman–Crippen MR) is 20.6 cm³/mol. The molecular weight excluding hydrogens is 80.0 g/mol. The van der Waals surface area contributed by atoms with Crippen molar-refractivity contribution in [3.8, 4) is 0 Å². The van der Waals surface area contributed by atoms with Gasteiger partial charge in [-0.15, -0.1) is 0 Å². The summed E-state index contributed by atoms with van der Waals surface area (Å²) in [7, 11) is 0. The topological polar surface area (TPSA) is 34.1 Å². The molecule has 2 nitrogen and oxygen atoms in total. The summed E-state index contributed by atoms with van der Waals surface area (Å²) < 4.78 is 0. The van der Waals surface area contributed by atoms with Gasteiger partial charge in [0.15, 0.2) is 0 Å². The van der Waals surface area contributed by atoms with Gasteiger partial charge in [0, 0.05) is 12.5 Å².